The molecule has 1 aromatic rings. The third-order valence-corrected chi connectivity index (χ3v) is 6.31. The molecule has 0 amide bonds. The van der Waals surface area contributed by atoms with Gasteiger partial charge in [-0.2, -0.15) is 0 Å². The third kappa shape index (κ3) is 3.00. The Hall–Kier alpha value is -0.870. The fraction of sp³-hybridized carbons (Fsp3) is 0.600. The van der Waals surface area contributed by atoms with Crippen molar-refractivity contribution in [1.29, 1.82) is 0 Å². The quantitative estimate of drug-likeness (QED) is 0.922. The number of fused-ring (bicyclic) bond motifs is 1. The maximum Gasteiger partial charge on any atom is 0.153 e. The van der Waals surface area contributed by atoms with Gasteiger partial charge in [-0.25, -0.2) is 8.42 Å². The standard InChI is InChI=1S/C15H23NO2S/c1-11-5-6-12-7-8-14(13(12)9-11)16-10-15(2,3)19(4,17)18/h5-6,9,14,16H,7-8,10H2,1-4H3. The highest BCUT2D eigenvalue weighted by atomic mass is 32.2. The smallest absolute Gasteiger partial charge is 0.153 e. The zero-order valence-corrected chi connectivity index (χ0v) is 13.0. The summed E-state index contributed by atoms with van der Waals surface area (Å²) in [7, 11) is -3.04. The van der Waals surface area contributed by atoms with E-state index in [1.54, 1.807) is 13.8 Å². The van der Waals surface area contributed by atoms with Gasteiger partial charge in [0.05, 0.1) is 4.75 Å². The molecule has 1 aliphatic rings. The first kappa shape index (κ1) is 14.5. The topological polar surface area (TPSA) is 46.2 Å². The molecule has 1 atom stereocenters. The number of hydrogen-bond acceptors (Lipinski definition) is 3. The highest BCUT2D eigenvalue weighted by Gasteiger charge is 2.32. The van der Waals surface area contributed by atoms with E-state index < -0.39 is 14.6 Å². The Morgan fingerprint density at radius 3 is 2.68 bits per heavy atom. The van der Waals surface area contributed by atoms with Crippen LogP contribution >= 0.6 is 0 Å². The molecule has 19 heavy (non-hydrogen) atoms. The van der Waals surface area contributed by atoms with Gasteiger partial charge in [0.1, 0.15) is 0 Å². The van der Waals surface area contributed by atoms with Gasteiger partial charge in [-0.15, -0.1) is 0 Å². The molecular formula is C15H23NO2S. The van der Waals surface area contributed by atoms with Crippen LogP contribution in [0, 0.1) is 6.92 Å². The summed E-state index contributed by atoms with van der Waals surface area (Å²) >= 11 is 0. The number of hydrogen-bond donors (Lipinski definition) is 1. The van der Waals surface area contributed by atoms with Crippen LogP contribution in [0.25, 0.3) is 0 Å². The maximum absolute atomic E-state index is 11.7. The lowest BCUT2D eigenvalue weighted by Crippen LogP contribution is -2.42. The summed E-state index contributed by atoms with van der Waals surface area (Å²) in [6.07, 6.45) is 3.44. The first-order valence-corrected chi connectivity index (χ1v) is 8.62. The lowest BCUT2D eigenvalue weighted by molar-refractivity contribution is 0.470. The van der Waals surface area contributed by atoms with Gasteiger partial charge in [-0.3, -0.25) is 0 Å². The second-order valence-electron chi connectivity index (χ2n) is 6.21. The zero-order valence-electron chi connectivity index (χ0n) is 12.2. The van der Waals surface area contributed by atoms with E-state index in [4.69, 9.17) is 0 Å². The van der Waals surface area contributed by atoms with Crippen LogP contribution in [0.1, 0.15) is 43.0 Å². The molecule has 1 N–H and O–H groups in total. The SMILES string of the molecule is Cc1ccc2c(c1)C(NCC(C)(C)S(C)(=O)=O)CC2. The van der Waals surface area contributed by atoms with Crippen molar-refractivity contribution in [3.05, 3.63) is 34.9 Å². The molecule has 0 radical (unpaired) electrons. The van der Waals surface area contributed by atoms with Gasteiger partial charge in [0.25, 0.3) is 0 Å². The number of aryl methyl sites for hydroxylation is 2. The van der Waals surface area contributed by atoms with E-state index in [0.29, 0.717) is 6.54 Å². The summed E-state index contributed by atoms with van der Waals surface area (Å²) in [5.74, 6) is 0. The van der Waals surface area contributed by atoms with Crippen molar-refractivity contribution < 1.29 is 8.42 Å². The fourth-order valence-corrected chi connectivity index (χ4v) is 2.78. The monoisotopic (exact) mass is 281 g/mol. The number of sulfone groups is 1. The summed E-state index contributed by atoms with van der Waals surface area (Å²) in [6, 6.07) is 6.83. The molecule has 1 unspecified atom stereocenters. The van der Waals surface area contributed by atoms with E-state index in [2.05, 4.69) is 30.4 Å². The van der Waals surface area contributed by atoms with E-state index in [1.807, 2.05) is 0 Å². The molecule has 0 fully saturated rings. The van der Waals surface area contributed by atoms with Crippen LogP contribution in [-0.2, 0) is 16.3 Å². The van der Waals surface area contributed by atoms with Gasteiger partial charge >= 0.3 is 0 Å². The van der Waals surface area contributed by atoms with Crippen LogP contribution in [-0.4, -0.2) is 26.0 Å². The summed E-state index contributed by atoms with van der Waals surface area (Å²) in [4.78, 5) is 0. The van der Waals surface area contributed by atoms with Gasteiger partial charge in [0.15, 0.2) is 9.84 Å². The van der Waals surface area contributed by atoms with Crippen LogP contribution in [0.5, 0.6) is 0 Å². The first-order chi connectivity index (χ1) is 8.71. The molecule has 106 valence electrons. The van der Waals surface area contributed by atoms with Crippen molar-refractivity contribution in [2.45, 2.75) is 44.4 Å². The Kier molecular flexibility index (Phi) is 3.76. The fourth-order valence-electron chi connectivity index (χ4n) is 2.43. The first-order valence-electron chi connectivity index (χ1n) is 6.73. The molecule has 4 heteroatoms. The largest absolute Gasteiger partial charge is 0.308 e. The summed E-state index contributed by atoms with van der Waals surface area (Å²) in [6.45, 7) is 6.14. The van der Waals surface area contributed by atoms with Crippen molar-refractivity contribution in [2.75, 3.05) is 12.8 Å². The lowest BCUT2D eigenvalue weighted by Gasteiger charge is -2.25. The minimum absolute atomic E-state index is 0.288. The lowest BCUT2D eigenvalue weighted by atomic mass is 10.0. The summed E-state index contributed by atoms with van der Waals surface area (Å²) < 4.78 is 22.7. The van der Waals surface area contributed by atoms with E-state index in [1.165, 1.54) is 22.9 Å². The van der Waals surface area contributed by atoms with Crippen molar-refractivity contribution in [3.8, 4) is 0 Å². The molecule has 0 saturated carbocycles. The summed E-state index contributed by atoms with van der Waals surface area (Å²) in [5.41, 5.74) is 3.99. The molecular weight excluding hydrogens is 258 g/mol. The number of nitrogens with one attached hydrogen (secondary N) is 1. The normalized spacial score (nSPS) is 19.5. The van der Waals surface area contributed by atoms with Gasteiger partial charge in [-0.05, 0) is 44.7 Å². The van der Waals surface area contributed by atoms with Crippen LogP contribution < -0.4 is 5.32 Å². The van der Waals surface area contributed by atoms with Crippen molar-refractivity contribution >= 4 is 9.84 Å². The number of rotatable bonds is 4. The second kappa shape index (κ2) is 4.91. The van der Waals surface area contributed by atoms with Crippen LogP contribution in [0.15, 0.2) is 18.2 Å². The predicted molar refractivity (Wildman–Crippen MR) is 79.2 cm³/mol. The van der Waals surface area contributed by atoms with Gasteiger partial charge < -0.3 is 5.32 Å². The second-order valence-corrected chi connectivity index (χ2v) is 8.86. The molecule has 0 bridgehead atoms. The highest BCUT2D eigenvalue weighted by Crippen LogP contribution is 2.32. The Morgan fingerprint density at radius 2 is 2.05 bits per heavy atom. The molecule has 2 rings (SSSR count). The molecule has 0 aliphatic heterocycles. The molecule has 0 aromatic heterocycles. The Bertz CT molecular complexity index is 576. The molecule has 1 aromatic carbocycles. The van der Waals surface area contributed by atoms with Gasteiger partial charge in [0, 0.05) is 18.8 Å². The molecule has 3 nitrogen and oxygen atoms in total. The van der Waals surface area contributed by atoms with Crippen molar-refractivity contribution in [1.82, 2.24) is 5.32 Å². The van der Waals surface area contributed by atoms with Crippen LogP contribution in [0.2, 0.25) is 0 Å². The summed E-state index contributed by atoms with van der Waals surface area (Å²) in [5, 5.41) is 3.43. The van der Waals surface area contributed by atoms with Crippen LogP contribution in [0.3, 0.4) is 0 Å². The van der Waals surface area contributed by atoms with Gasteiger partial charge in [-0.1, -0.05) is 23.8 Å². The van der Waals surface area contributed by atoms with E-state index in [-0.39, 0.29) is 6.04 Å². The molecule has 0 saturated heterocycles. The van der Waals surface area contributed by atoms with Gasteiger partial charge in [0.2, 0.25) is 0 Å². The predicted octanol–water partition coefficient (Wildman–Crippen LogP) is 2.40. The molecule has 1 aliphatic carbocycles. The third-order valence-electron chi connectivity index (χ3n) is 4.16. The Morgan fingerprint density at radius 1 is 1.37 bits per heavy atom. The average Bonchev–Trinajstić information content (AvgIpc) is 2.67. The van der Waals surface area contributed by atoms with E-state index in [0.717, 1.165) is 12.8 Å². The van der Waals surface area contributed by atoms with E-state index in [9.17, 15) is 8.42 Å². The van der Waals surface area contributed by atoms with Crippen molar-refractivity contribution in [2.24, 2.45) is 0 Å². The van der Waals surface area contributed by atoms with Crippen LogP contribution in [0.4, 0.5) is 0 Å². The van der Waals surface area contributed by atoms with Crippen molar-refractivity contribution in [3.63, 3.8) is 0 Å². The Labute approximate surface area is 116 Å². The highest BCUT2D eigenvalue weighted by molar-refractivity contribution is 7.92. The van der Waals surface area contributed by atoms with E-state index >= 15 is 0 Å². The Balaban J connectivity index is 2.10. The number of benzene rings is 1. The minimum atomic E-state index is -3.04. The zero-order chi connectivity index (χ0) is 14.3. The average molecular weight is 281 g/mol. The molecule has 0 heterocycles. The maximum atomic E-state index is 11.7. The minimum Gasteiger partial charge on any atom is -0.308 e. The molecule has 0 spiro atoms.